The van der Waals surface area contributed by atoms with Crippen LogP contribution in [-0.2, 0) is 16.4 Å². The van der Waals surface area contributed by atoms with E-state index in [-0.39, 0.29) is 10.8 Å². The molecule has 1 heterocycles. The van der Waals surface area contributed by atoms with Gasteiger partial charge in [0.2, 0.25) is 0 Å². The van der Waals surface area contributed by atoms with E-state index in [1.807, 2.05) is 0 Å². The van der Waals surface area contributed by atoms with Gasteiger partial charge in [-0.3, -0.25) is 4.79 Å². The highest BCUT2D eigenvalue weighted by Gasteiger charge is 2.12. The van der Waals surface area contributed by atoms with Crippen LogP contribution in [0.2, 0.25) is 0 Å². The van der Waals surface area contributed by atoms with Crippen molar-refractivity contribution in [3.63, 3.8) is 0 Å². The summed E-state index contributed by atoms with van der Waals surface area (Å²) in [5, 5.41) is 0. The molecule has 3 aromatic rings. The lowest BCUT2D eigenvalue weighted by atomic mass is 10.1. The number of aromatic nitrogens is 1. The van der Waals surface area contributed by atoms with Gasteiger partial charge >= 0.3 is 0 Å². The minimum absolute atomic E-state index is 0.188. The number of fused-ring (bicyclic) bond motifs is 1. The van der Waals surface area contributed by atoms with Crippen molar-refractivity contribution < 1.29 is 13.2 Å². The molecule has 0 aliphatic heterocycles. The molecule has 7 heteroatoms. The van der Waals surface area contributed by atoms with Crippen LogP contribution < -0.4 is 4.80 Å². The number of rotatable bonds is 4. The molecule has 0 atom stereocenters. The second-order valence-electron chi connectivity index (χ2n) is 6.65. The summed E-state index contributed by atoms with van der Waals surface area (Å²) in [6.45, 7) is 7.02. The molecule has 0 saturated heterocycles. The van der Waals surface area contributed by atoms with Gasteiger partial charge in [0.25, 0.3) is 5.91 Å². The second-order valence-corrected chi connectivity index (χ2v) is 9.68. The maximum Gasteiger partial charge on any atom is 0.279 e. The smallest absolute Gasteiger partial charge is 0.279 e. The van der Waals surface area contributed by atoms with Crippen molar-refractivity contribution in [2.45, 2.75) is 38.6 Å². The van der Waals surface area contributed by atoms with Crippen LogP contribution >= 0.6 is 11.3 Å². The Morgan fingerprint density at radius 1 is 1.11 bits per heavy atom. The molecule has 0 aliphatic carbocycles. The highest BCUT2D eigenvalue weighted by molar-refractivity contribution is 7.90. The average molecular weight is 403 g/mol. The first-order valence-electron chi connectivity index (χ1n) is 8.70. The van der Waals surface area contributed by atoms with E-state index in [2.05, 4.69) is 42.5 Å². The SMILES string of the molecule is CCCn1c(=NC(=O)c2ccc(S(C)(=O)=O)cc2)sc2cc(C)c(C)cc21. The van der Waals surface area contributed by atoms with Crippen LogP contribution in [0.5, 0.6) is 0 Å². The number of carbonyl (C=O) groups excluding carboxylic acids is 1. The van der Waals surface area contributed by atoms with Crippen LogP contribution in [0, 0.1) is 13.8 Å². The number of amides is 1. The third-order valence-electron chi connectivity index (χ3n) is 4.47. The van der Waals surface area contributed by atoms with E-state index in [9.17, 15) is 13.2 Å². The van der Waals surface area contributed by atoms with Gasteiger partial charge in [-0.05, 0) is 67.8 Å². The molecule has 0 spiro atoms. The Labute approximate surface area is 162 Å². The molecule has 0 N–H and O–H groups in total. The van der Waals surface area contributed by atoms with Crippen LogP contribution in [0.3, 0.4) is 0 Å². The maximum atomic E-state index is 12.6. The van der Waals surface area contributed by atoms with Crippen molar-refractivity contribution in [3.8, 4) is 0 Å². The van der Waals surface area contributed by atoms with E-state index >= 15 is 0 Å². The second kappa shape index (κ2) is 7.40. The van der Waals surface area contributed by atoms with E-state index in [1.54, 1.807) is 0 Å². The van der Waals surface area contributed by atoms with E-state index in [0.29, 0.717) is 10.4 Å². The molecule has 0 saturated carbocycles. The van der Waals surface area contributed by atoms with Gasteiger partial charge in [-0.1, -0.05) is 18.3 Å². The summed E-state index contributed by atoms with van der Waals surface area (Å²) < 4.78 is 26.3. The Kier molecular flexibility index (Phi) is 5.35. The number of nitrogens with zero attached hydrogens (tertiary/aromatic N) is 2. The number of hydrogen-bond donors (Lipinski definition) is 0. The molecule has 0 unspecified atom stereocenters. The minimum Gasteiger partial charge on any atom is -0.316 e. The third-order valence-corrected chi connectivity index (χ3v) is 6.64. The highest BCUT2D eigenvalue weighted by Crippen LogP contribution is 2.22. The fraction of sp³-hybridized carbons (Fsp3) is 0.300. The van der Waals surface area contributed by atoms with Gasteiger partial charge in [-0.15, -0.1) is 0 Å². The van der Waals surface area contributed by atoms with Crippen molar-refractivity contribution in [1.29, 1.82) is 0 Å². The molecule has 5 nitrogen and oxygen atoms in total. The Hall–Kier alpha value is -2.25. The van der Waals surface area contributed by atoms with Gasteiger partial charge < -0.3 is 4.57 Å². The highest BCUT2D eigenvalue weighted by atomic mass is 32.2. The molecule has 0 bridgehead atoms. The van der Waals surface area contributed by atoms with Crippen molar-refractivity contribution in [1.82, 2.24) is 4.57 Å². The van der Waals surface area contributed by atoms with E-state index in [1.165, 1.54) is 46.7 Å². The number of sulfone groups is 1. The molecule has 3 rings (SSSR count). The predicted molar refractivity (Wildman–Crippen MR) is 109 cm³/mol. The Morgan fingerprint density at radius 2 is 1.74 bits per heavy atom. The molecule has 0 aliphatic rings. The predicted octanol–water partition coefficient (Wildman–Crippen LogP) is 3.87. The van der Waals surface area contributed by atoms with E-state index in [4.69, 9.17) is 0 Å². The summed E-state index contributed by atoms with van der Waals surface area (Å²) in [6.07, 6.45) is 2.08. The molecule has 27 heavy (non-hydrogen) atoms. The fourth-order valence-electron chi connectivity index (χ4n) is 2.84. The first kappa shape index (κ1) is 19.5. The summed E-state index contributed by atoms with van der Waals surface area (Å²) in [5.41, 5.74) is 3.88. The fourth-order valence-corrected chi connectivity index (χ4v) is 4.61. The summed E-state index contributed by atoms with van der Waals surface area (Å²) in [5.74, 6) is -0.375. The number of carbonyl (C=O) groups is 1. The van der Waals surface area contributed by atoms with Gasteiger partial charge in [-0.25, -0.2) is 8.42 Å². The van der Waals surface area contributed by atoms with Crippen LogP contribution in [0.1, 0.15) is 34.8 Å². The van der Waals surface area contributed by atoms with Crippen LogP contribution in [0.4, 0.5) is 0 Å². The summed E-state index contributed by atoms with van der Waals surface area (Å²) >= 11 is 1.50. The normalized spacial score (nSPS) is 12.7. The zero-order valence-electron chi connectivity index (χ0n) is 15.8. The molecule has 1 amide bonds. The number of benzene rings is 2. The molecule has 0 radical (unpaired) electrons. The lowest BCUT2D eigenvalue weighted by Gasteiger charge is -2.05. The van der Waals surface area contributed by atoms with Gasteiger partial charge in [0.1, 0.15) is 0 Å². The Bertz CT molecular complexity index is 1180. The first-order valence-corrected chi connectivity index (χ1v) is 11.4. The van der Waals surface area contributed by atoms with Crippen LogP contribution in [0.25, 0.3) is 10.2 Å². The van der Waals surface area contributed by atoms with Gasteiger partial charge in [0.15, 0.2) is 14.6 Å². The van der Waals surface area contributed by atoms with Crippen LogP contribution in [-0.4, -0.2) is 25.1 Å². The molecule has 142 valence electrons. The summed E-state index contributed by atoms with van der Waals surface area (Å²) in [7, 11) is -3.29. The molecule has 0 fully saturated rings. The quantitative estimate of drug-likeness (QED) is 0.665. The van der Waals surface area contributed by atoms with Crippen molar-refractivity contribution in [2.24, 2.45) is 4.99 Å². The van der Waals surface area contributed by atoms with E-state index in [0.717, 1.165) is 29.4 Å². The first-order chi connectivity index (χ1) is 12.7. The molecule has 2 aromatic carbocycles. The van der Waals surface area contributed by atoms with Gasteiger partial charge in [0.05, 0.1) is 15.1 Å². The van der Waals surface area contributed by atoms with E-state index < -0.39 is 9.84 Å². The number of hydrogen-bond acceptors (Lipinski definition) is 4. The van der Waals surface area contributed by atoms with Crippen molar-refractivity contribution in [2.75, 3.05) is 6.26 Å². The number of thiazole rings is 1. The molecular formula is C20H22N2O3S2. The zero-order chi connectivity index (χ0) is 19.8. The summed E-state index contributed by atoms with van der Waals surface area (Å²) in [6, 6.07) is 10.2. The van der Waals surface area contributed by atoms with Gasteiger partial charge in [0, 0.05) is 18.4 Å². The Balaban J connectivity index is 2.09. The zero-order valence-corrected chi connectivity index (χ0v) is 17.4. The maximum absolute atomic E-state index is 12.6. The standard InChI is InChI=1S/C20H22N2O3S2/c1-5-10-22-17-11-13(2)14(3)12-18(17)26-20(22)21-19(23)15-6-8-16(9-7-15)27(4,24)25/h6-9,11-12H,5,10H2,1-4H3. The Morgan fingerprint density at radius 3 is 2.33 bits per heavy atom. The largest absolute Gasteiger partial charge is 0.316 e. The van der Waals surface area contributed by atoms with Crippen molar-refractivity contribution in [3.05, 3.63) is 57.9 Å². The lowest BCUT2D eigenvalue weighted by molar-refractivity contribution is 0.0997. The average Bonchev–Trinajstić information content (AvgIpc) is 2.91. The molecular weight excluding hydrogens is 380 g/mol. The van der Waals surface area contributed by atoms with Crippen LogP contribution in [0.15, 0.2) is 46.3 Å². The monoisotopic (exact) mass is 402 g/mol. The minimum atomic E-state index is -3.29. The lowest BCUT2D eigenvalue weighted by Crippen LogP contribution is -2.17. The third kappa shape index (κ3) is 4.04. The molecule has 1 aromatic heterocycles. The van der Waals surface area contributed by atoms with Gasteiger partial charge in [-0.2, -0.15) is 4.99 Å². The summed E-state index contributed by atoms with van der Waals surface area (Å²) in [4.78, 5) is 17.8. The topological polar surface area (TPSA) is 68.5 Å². The number of aryl methyl sites for hydroxylation is 3. The van der Waals surface area contributed by atoms with Crippen molar-refractivity contribution >= 4 is 37.3 Å².